The van der Waals surface area contributed by atoms with Crippen LogP contribution in [0.25, 0.3) is 0 Å². The summed E-state index contributed by atoms with van der Waals surface area (Å²) in [5, 5.41) is 9.02. The van der Waals surface area contributed by atoms with E-state index in [0.29, 0.717) is 12.8 Å². The van der Waals surface area contributed by atoms with E-state index in [1.54, 1.807) is 0 Å². The van der Waals surface area contributed by atoms with Crippen molar-refractivity contribution in [3.05, 3.63) is 0 Å². The monoisotopic (exact) mass is 193 g/mol. The van der Waals surface area contributed by atoms with Crippen molar-refractivity contribution in [2.24, 2.45) is 4.99 Å². The van der Waals surface area contributed by atoms with Crippen molar-refractivity contribution in [2.45, 2.75) is 31.7 Å². The lowest BCUT2D eigenvalue weighted by molar-refractivity contribution is 0.296. The van der Waals surface area contributed by atoms with Crippen molar-refractivity contribution in [3.63, 3.8) is 0 Å². The van der Waals surface area contributed by atoms with Crippen LogP contribution < -0.4 is 0 Å². The van der Waals surface area contributed by atoms with E-state index in [2.05, 4.69) is 22.9 Å². The lowest BCUT2D eigenvalue weighted by atomic mass is 9.93. The summed E-state index contributed by atoms with van der Waals surface area (Å²) in [5.74, 6) is 0. The van der Waals surface area contributed by atoms with Crippen molar-refractivity contribution < 1.29 is 4.79 Å². The zero-order valence-corrected chi connectivity index (χ0v) is 8.49. The molecule has 0 N–H and O–H groups in total. The number of hydrogen-bond donors (Lipinski definition) is 0. The van der Waals surface area contributed by atoms with E-state index in [4.69, 9.17) is 5.26 Å². The smallest absolute Gasteiger partial charge is 0.236 e. The molecule has 0 aromatic carbocycles. The molecular formula is C10H15N3O. The Morgan fingerprint density at radius 2 is 2.29 bits per heavy atom. The Kier molecular flexibility index (Phi) is 3.82. The van der Waals surface area contributed by atoms with Gasteiger partial charge in [-0.2, -0.15) is 10.3 Å². The molecule has 0 radical (unpaired) electrons. The Morgan fingerprint density at radius 3 is 2.86 bits per heavy atom. The third kappa shape index (κ3) is 2.41. The molecule has 4 nitrogen and oxygen atoms in total. The van der Waals surface area contributed by atoms with Gasteiger partial charge in [-0.3, -0.25) is 0 Å². The fourth-order valence-corrected chi connectivity index (χ4v) is 1.83. The first kappa shape index (κ1) is 10.9. The van der Waals surface area contributed by atoms with Gasteiger partial charge in [0.05, 0.1) is 6.07 Å². The summed E-state index contributed by atoms with van der Waals surface area (Å²) >= 11 is 0. The van der Waals surface area contributed by atoms with Gasteiger partial charge in [0.2, 0.25) is 6.08 Å². The van der Waals surface area contributed by atoms with Crippen LogP contribution in [0.1, 0.15) is 26.2 Å². The summed E-state index contributed by atoms with van der Waals surface area (Å²) in [7, 11) is 0. The van der Waals surface area contributed by atoms with Gasteiger partial charge in [-0.1, -0.05) is 6.92 Å². The molecule has 1 aliphatic rings. The molecule has 0 amide bonds. The highest BCUT2D eigenvalue weighted by Crippen LogP contribution is 2.25. The second-order valence-electron chi connectivity index (χ2n) is 3.63. The van der Waals surface area contributed by atoms with Crippen molar-refractivity contribution in [1.29, 1.82) is 5.26 Å². The van der Waals surface area contributed by atoms with Gasteiger partial charge >= 0.3 is 0 Å². The third-order valence-electron chi connectivity index (χ3n) is 2.82. The van der Waals surface area contributed by atoms with Gasteiger partial charge in [-0.25, -0.2) is 4.79 Å². The minimum atomic E-state index is -0.800. The van der Waals surface area contributed by atoms with E-state index in [0.717, 1.165) is 26.1 Å². The highest BCUT2D eigenvalue weighted by atomic mass is 16.1. The van der Waals surface area contributed by atoms with Crippen molar-refractivity contribution in [2.75, 3.05) is 19.6 Å². The van der Waals surface area contributed by atoms with Crippen molar-refractivity contribution >= 4 is 6.08 Å². The molecule has 1 unspecified atom stereocenters. The lowest BCUT2D eigenvalue weighted by Gasteiger charge is -2.18. The zero-order chi connectivity index (χ0) is 10.4. The number of nitrogens with zero attached hydrogens (tertiary/aromatic N) is 3. The first-order valence-electron chi connectivity index (χ1n) is 4.99. The number of likely N-dealkylation sites (tertiary alicyclic amines) is 1. The van der Waals surface area contributed by atoms with Gasteiger partial charge in [0.15, 0.2) is 5.54 Å². The number of carbonyl (C=O) groups excluding carboxylic acids is 1. The Hall–Kier alpha value is -1.17. The quantitative estimate of drug-likeness (QED) is 0.487. The number of hydrogen-bond acceptors (Lipinski definition) is 4. The normalized spacial score (nSPS) is 28.6. The van der Waals surface area contributed by atoms with Gasteiger partial charge in [0, 0.05) is 6.54 Å². The lowest BCUT2D eigenvalue weighted by Crippen LogP contribution is -2.28. The van der Waals surface area contributed by atoms with Crippen LogP contribution in [0.2, 0.25) is 0 Å². The zero-order valence-electron chi connectivity index (χ0n) is 8.49. The summed E-state index contributed by atoms with van der Waals surface area (Å²) < 4.78 is 0. The molecular weight excluding hydrogens is 178 g/mol. The van der Waals surface area contributed by atoms with Crippen molar-refractivity contribution in [3.8, 4) is 6.07 Å². The van der Waals surface area contributed by atoms with E-state index in [9.17, 15) is 4.79 Å². The Morgan fingerprint density at radius 1 is 1.50 bits per heavy atom. The van der Waals surface area contributed by atoms with Crippen LogP contribution >= 0.6 is 0 Å². The fraction of sp³-hybridized carbons (Fsp3) is 0.800. The molecule has 0 aromatic rings. The summed E-state index contributed by atoms with van der Waals surface area (Å²) in [6, 6.07) is 2.15. The number of nitriles is 1. The van der Waals surface area contributed by atoms with Crippen LogP contribution in [-0.2, 0) is 4.79 Å². The maximum Gasteiger partial charge on any atom is 0.236 e. The van der Waals surface area contributed by atoms with Crippen LogP contribution in [0.4, 0.5) is 0 Å². The largest absolute Gasteiger partial charge is 0.303 e. The second-order valence-corrected chi connectivity index (χ2v) is 3.63. The predicted octanol–water partition coefficient (Wildman–Crippen LogP) is 1.09. The molecule has 1 rings (SSSR count). The van der Waals surface area contributed by atoms with Gasteiger partial charge in [0.1, 0.15) is 0 Å². The third-order valence-corrected chi connectivity index (χ3v) is 2.82. The Balaban J connectivity index is 2.72. The molecule has 0 aliphatic carbocycles. The first-order chi connectivity index (χ1) is 6.76. The average Bonchev–Trinajstić information content (AvgIpc) is 2.42. The minimum Gasteiger partial charge on any atom is -0.303 e. The van der Waals surface area contributed by atoms with Gasteiger partial charge in [-0.05, 0) is 32.4 Å². The highest BCUT2D eigenvalue weighted by molar-refractivity contribution is 5.37. The van der Waals surface area contributed by atoms with Crippen LogP contribution in [-0.4, -0.2) is 36.2 Å². The van der Waals surface area contributed by atoms with E-state index in [1.807, 2.05) is 0 Å². The molecule has 1 aliphatic heterocycles. The van der Waals surface area contributed by atoms with Crippen LogP contribution in [0.5, 0.6) is 0 Å². The number of isocyanates is 1. The molecule has 1 heterocycles. The van der Waals surface area contributed by atoms with Crippen LogP contribution in [0.3, 0.4) is 0 Å². The first-order valence-corrected chi connectivity index (χ1v) is 4.99. The maximum atomic E-state index is 10.2. The standard InChI is InChI=1S/C10H15N3O/c1-2-13-6-3-4-10(8-11,5-7-13)12-9-14/h2-7H2,1H3. The summed E-state index contributed by atoms with van der Waals surface area (Å²) in [4.78, 5) is 16.2. The molecule has 1 fully saturated rings. The van der Waals surface area contributed by atoms with Gasteiger partial charge in [0.25, 0.3) is 0 Å². The Labute approximate surface area is 84.2 Å². The van der Waals surface area contributed by atoms with Crippen LogP contribution in [0.15, 0.2) is 4.99 Å². The van der Waals surface area contributed by atoms with E-state index < -0.39 is 5.54 Å². The number of aliphatic imine (C=N–C) groups is 1. The van der Waals surface area contributed by atoms with Crippen molar-refractivity contribution in [1.82, 2.24) is 4.90 Å². The van der Waals surface area contributed by atoms with E-state index >= 15 is 0 Å². The molecule has 0 bridgehead atoms. The molecule has 4 heteroatoms. The van der Waals surface area contributed by atoms with E-state index in [1.165, 1.54) is 6.08 Å². The van der Waals surface area contributed by atoms with Gasteiger partial charge in [-0.15, -0.1) is 0 Å². The minimum absolute atomic E-state index is 0.645. The molecule has 76 valence electrons. The Bertz CT molecular complexity index is 278. The molecule has 0 spiro atoms. The SMILES string of the molecule is CCN1CCCC(C#N)(N=C=O)CC1. The average molecular weight is 193 g/mol. The molecule has 14 heavy (non-hydrogen) atoms. The molecule has 0 aromatic heterocycles. The van der Waals surface area contributed by atoms with E-state index in [-0.39, 0.29) is 0 Å². The summed E-state index contributed by atoms with van der Waals surface area (Å²) in [5.41, 5.74) is -0.800. The molecule has 0 saturated carbocycles. The topological polar surface area (TPSA) is 56.5 Å². The fourth-order valence-electron chi connectivity index (χ4n) is 1.83. The molecule has 1 atom stereocenters. The van der Waals surface area contributed by atoms with Gasteiger partial charge < -0.3 is 4.90 Å². The predicted molar refractivity (Wildman–Crippen MR) is 52.4 cm³/mol. The second kappa shape index (κ2) is 4.90. The van der Waals surface area contributed by atoms with Crippen LogP contribution in [0, 0.1) is 11.3 Å². The molecule has 1 saturated heterocycles. The maximum absolute atomic E-state index is 10.2. The summed E-state index contributed by atoms with van der Waals surface area (Å²) in [6.07, 6.45) is 3.77. The highest BCUT2D eigenvalue weighted by Gasteiger charge is 2.31. The summed E-state index contributed by atoms with van der Waals surface area (Å²) in [6.45, 7) is 4.93. The number of rotatable bonds is 2.